The molecule has 0 saturated carbocycles. The molecule has 1 atom stereocenters. The Balaban J connectivity index is 1.71. The molecule has 2 aromatic heterocycles. The number of likely N-dealkylation sites (tertiary alicyclic amines) is 1. The molecule has 0 bridgehead atoms. The summed E-state index contributed by atoms with van der Waals surface area (Å²) >= 11 is 0. The Hall–Kier alpha value is -1.46. The fourth-order valence-electron chi connectivity index (χ4n) is 4.03. The maximum atomic E-state index is 5.73. The smallest absolute Gasteiger partial charge is 0.160 e. The minimum absolute atomic E-state index is 0.419. The maximum absolute atomic E-state index is 5.73. The van der Waals surface area contributed by atoms with E-state index in [1.807, 2.05) is 12.3 Å². The SMILES string of the molecule is CCN1CCC(n2c(C3CCCOC3)nc3cccnc32)CC1. The summed E-state index contributed by atoms with van der Waals surface area (Å²) in [7, 11) is 0. The normalized spacial score (nSPS) is 24.3. The second-order valence-electron chi connectivity index (χ2n) is 6.77. The fraction of sp³-hybridized carbons (Fsp3) is 0.667. The Morgan fingerprint density at radius 3 is 2.87 bits per heavy atom. The number of nitrogens with zero attached hydrogens (tertiary/aromatic N) is 4. The standard InChI is InChI=1S/C18H26N4O/c1-2-21-10-7-15(8-11-21)22-17(14-5-4-12-23-13-14)20-16-6-3-9-19-18(16)22/h3,6,9,14-15H,2,4-5,7-8,10-13H2,1H3. The summed E-state index contributed by atoms with van der Waals surface area (Å²) in [5.41, 5.74) is 2.09. The van der Waals surface area contributed by atoms with Gasteiger partial charge in [-0.05, 0) is 44.4 Å². The van der Waals surface area contributed by atoms with Gasteiger partial charge in [-0.1, -0.05) is 6.92 Å². The zero-order chi connectivity index (χ0) is 15.6. The molecule has 2 aromatic rings. The van der Waals surface area contributed by atoms with Crippen LogP contribution in [0.1, 0.15) is 50.4 Å². The first kappa shape index (κ1) is 15.1. The van der Waals surface area contributed by atoms with Crippen molar-refractivity contribution in [2.75, 3.05) is 32.8 Å². The first-order valence-electron chi connectivity index (χ1n) is 8.99. The lowest BCUT2D eigenvalue weighted by atomic mass is 9.99. The van der Waals surface area contributed by atoms with Crippen LogP contribution in [0.4, 0.5) is 0 Å². The molecule has 4 heterocycles. The van der Waals surface area contributed by atoms with Gasteiger partial charge in [0, 0.05) is 37.9 Å². The van der Waals surface area contributed by atoms with Gasteiger partial charge in [-0.25, -0.2) is 9.97 Å². The number of piperidine rings is 1. The van der Waals surface area contributed by atoms with Crippen LogP contribution in [-0.2, 0) is 4.74 Å². The van der Waals surface area contributed by atoms with E-state index in [4.69, 9.17) is 9.72 Å². The van der Waals surface area contributed by atoms with Crippen LogP contribution < -0.4 is 0 Å². The number of aromatic nitrogens is 3. The molecule has 0 aromatic carbocycles. The molecule has 2 fully saturated rings. The van der Waals surface area contributed by atoms with E-state index < -0.39 is 0 Å². The Morgan fingerprint density at radius 2 is 2.13 bits per heavy atom. The zero-order valence-corrected chi connectivity index (χ0v) is 13.9. The molecule has 0 aliphatic carbocycles. The quantitative estimate of drug-likeness (QED) is 0.873. The molecule has 5 nitrogen and oxygen atoms in total. The van der Waals surface area contributed by atoms with Crippen LogP contribution in [0.15, 0.2) is 18.3 Å². The lowest BCUT2D eigenvalue weighted by Gasteiger charge is -2.33. The van der Waals surface area contributed by atoms with Gasteiger partial charge in [-0.3, -0.25) is 0 Å². The molecule has 0 amide bonds. The van der Waals surface area contributed by atoms with Crippen LogP contribution in [0.3, 0.4) is 0 Å². The Bertz CT molecular complexity index is 654. The van der Waals surface area contributed by atoms with Crippen molar-refractivity contribution < 1.29 is 4.74 Å². The van der Waals surface area contributed by atoms with Crippen molar-refractivity contribution in [3.63, 3.8) is 0 Å². The van der Waals surface area contributed by atoms with E-state index in [0.29, 0.717) is 12.0 Å². The van der Waals surface area contributed by atoms with Crippen LogP contribution in [0.25, 0.3) is 11.2 Å². The van der Waals surface area contributed by atoms with Crippen molar-refractivity contribution in [1.82, 2.24) is 19.4 Å². The molecule has 1 unspecified atom stereocenters. The summed E-state index contributed by atoms with van der Waals surface area (Å²) in [5.74, 6) is 1.62. The number of hydrogen-bond donors (Lipinski definition) is 0. The minimum atomic E-state index is 0.419. The summed E-state index contributed by atoms with van der Waals surface area (Å²) < 4.78 is 8.17. The summed E-state index contributed by atoms with van der Waals surface area (Å²) in [6.07, 6.45) is 6.59. The minimum Gasteiger partial charge on any atom is -0.381 e. The van der Waals surface area contributed by atoms with E-state index in [9.17, 15) is 0 Å². The summed E-state index contributed by atoms with van der Waals surface area (Å²) in [6, 6.07) is 4.60. The van der Waals surface area contributed by atoms with Crippen LogP contribution >= 0.6 is 0 Å². The third-order valence-electron chi connectivity index (χ3n) is 5.37. The summed E-state index contributed by atoms with van der Waals surface area (Å²) in [4.78, 5) is 12.1. The van der Waals surface area contributed by atoms with Crippen molar-refractivity contribution in [2.24, 2.45) is 0 Å². The predicted molar refractivity (Wildman–Crippen MR) is 90.7 cm³/mol. The van der Waals surface area contributed by atoms with Crippen molar-refractivity contribution in [2.45, 2.75) is 44.6 Å². The molecule has 5 heteroatoms. The number of fused-ring (bicyclic) bond motifs is 1. The summed E-state index contributed by atoms with van der Waals surface area (Å²) in [5, 5.41) is 0. The second-order valence-corrected chi connectivity index (χ2v) is 6.77. The highest BCUT2D eigenvalue weighted by Gasteiger charge is 2.29. The lowest BCUT2D eigenvalue weighted by molar-refractivity contribution is 0.0758. The van der Waals surface area contributed by atoms with Crippen LogP contribution in [0.2, 0.25) is 0 Å². The van der Waals surface area contributed by atoms with E-state index in [1.54, 1.807) is 0 Å². The van der Waals surface area contributed by atoms with E-state index in [2.05, 4.69) is 27.4 Å². The molecular formula is C18H26N4O. The Labute approximate surface area is 137 Å². The molecule has 2 saturated heterocycles. The Kier molecular flexibility index (Phi) is 4.31. The predicted octanol–water partition coefficient (Wildman–Crippen LogP) is 2.98. The first-order valence-corrected chi connectivity index (χ1v) is 8.99. The van der Waals surface area contributed by atoms with Gasteiger partial charge >= 0.3 is 0 Å². The van der Waals surface area contributed by atoms with Crippen LogP contribution in [0.5, 0.6) is 0 Å². The average Bonchev–Trinajstić information content (AvgIpc) is 3.02. The summed E-state index contributed by atoms with van der Waals surface area (Å²) in [6.45, 7) is 7.45. The van der Waals surface area contributed by atoms with Gasteiger partial charge in [0.2, 0.25) is 0 Å². The van der Waals surface area contributed by atoms with Crippen LogP contribution in [0, 0.1) is 0 Å². The molecule has 2 aliphatic rings. The highest BCUT2D eigenvalue weighted by Crippen LogP contribution is 2.33. The van der Waals surface area contributed by atoms with Crippen molar-refractivity contribution in [3.8, 4) is 0 Å². The lowest BCUT2D eigenvalue weighted by Crippen LogP contribution is -2.35. The second kappa shape index (κ2) is 6.57. The third kappa shape index (κ3) is 2.88. The molecule has 124 valence electrons. The highest BCUT2D eigenvalue weighted by atomic mass is 16.5. The monoisotopic (exact) mass is 314 g/mol. The fourth-order valence-corrected chi connectivity index (χ4v) is 4.03. The highest BCUT2D eigenvalue weighted by molar-refractivity contribution is 5.71. The first-order chi connectivity index (χ1) is 11.4. The molecule has 23 heavy (non-hydrogen) atoms. The van der Waals surface area contributed by atoms with Crippen molar-refractivity contribution in [1.29, 1.82) is 0 Å². The molecule has 0 N–H and O–H groups in total. The topological polar surface area (TPSA) is 43.2 Å². The number of hydrogen-bond acceptors (Lipinski definition) is 4. The van der Waals surface area contributed by atoms with Crippen molar-refractivity contribution >= 4 is 11.2 Å². The van der Waals surface area contributed by atoms with Crippen molar-refractivity contribution in [3.05, 3.63) is 24.2 Å². The van der Waals surface area contributed by atoms with E-state index in [0.717, 1.165) is 37.3 Å². The number of rotatable bonds is 3. The van der Waals surface area contributed by atoms with Gasteiger partial charge in [0.15, 0.2) is 5.65 Å². The number of ether oxygens (including phenoxy) is 1. The van der Waals surface area contributed by atoms with E-state index in [-0.39, 0.29) is 0 Å². The van der Waals surface area contributed by atoms with Gasteiger partial charge < -0.3 is 14.2 Å². The average molecular weight is 314 g/mol. The van der Waals surface area contributed by atoms with E-state index in [1.165, 1.54) is 38.2 Å². The van der Waals surface area contributed by atoms with Gasteiger partial charge in [-0.15, -0.1) is 0 Å². The van der Waals surface area contributed by atoms with Gasteiger partial charge in [-0.2, -0.15) is 0 Å². The largest absolute Gasteiger partial charge is 0.381 e. The molecule has 4 rings (SSSR count). The third-order valence-corrected chi connectivity index (χ3v) is 5.37. The van der Waals surface area contributed by atoms with Gasteiger partial charge in [0.05, 0.1) is 6.61 Å². The molecule has 0 radical (unpaired) electrons. The number of pyridine rings is 1. The Morgan fingerprint density at radius 1 is 1.26 bits per heavy atom. The molecule has 2 aliphatic heterocycles. The van der Waals surface area contributed by atoms with Crippen LogP contribution in [-0.4, -0.2) is 52.3 Å². The zero-order valence-electron chi connectivity index (χ0n) is 13.9. The van der Waals surface area contributed by atoms with Gasteiger partial charge in [0.25, 0.3) is 0 Å². The van der Waals surface area contributed by atoms with E-state index >= 15 is 0 Å². The molecule has 0 spiro atoms. The maximum Gasteiger partial charge on any atom is 0.160 e. The number of imidazole rings is 1. The molecular weight excluding hydrogens is 288 g/mol. The van der Waals surface area contributed by atoms with Gasteiger partial charge in [0.1, 0.15) is 11.3 Å².